The molecule has 0 radical (unpaired) electrons. The van der Waals surface area contributed by atoms with E-state index in [1.807, 2.05) is 72.8 Å². The summed E-state index contributed by atoms with van der Waals surface area (Å²) in [5.41, 5.74) is 8.56. The zero-order chi connectivity index (χ0) is 33.6. The van der Waals surface area contributed by atoms with Gasteiger partial charge in [-0.2, -0.15) is 10.5 Å². The number of fused-ring (bicyclic) bond motifs is 4. The van der Waals surface area contributed by atoms with Crippen LogP contribution < -0.4 is 19.3 Å². The summed E-state index contributed by atoms with van der Waals surface area (Å²) in [6.45, 7) is 0. The van der Waals surface area contributed by atoms with Crippen molar-refractivity contribution in [2.24, 2.45) is 0 Å². The van der Waals surface area contributed by atoms with Crippen molar-refractivity contribution in [2.75, 3.05) is 9.80 Å². The zero-order valence-electron chi connectivity index (χ0n) is 28.1. The number of ether oxygens (including phenoxy) is 2. The average molecular weight is 655 g/mol. The van der Waals surface area contributed by atoms with Crippen LogP contribution in [0.25, 0.3) is 0 Å². The second kappa shape index (κ2) is 12.6. The molecule has 0 aromatic heterocycles. The van der Waals surface area contributed by atoms with Gasteiger partial charge >= 0.3 is 0 Å². The maximum absolute atomic E-state index is 11.5. The Labute approximate surface area is 293 Å². The molecule has 2 aliphatic carbocycles. The minimum Gasteiger partial charge on any atom is -0.453 e. The van der Waals surface area contributed by atoms with Crippen LogP contribution in [-0.2, 0) is 0 Å². The first-order valence-electron chi connectivity index (χ1n) is 18.1. The molecule has 50 heavy (non-hydrogen) atoms. The molecular formula is C44H38N4O2. The lowest BCUT2D eigenvalue weighted by atomic mass is 9.74. The van der Waals surface area contributed by atoms with Gasteiger partial charge < -0.3 is 19.3 Å². The van der Waals surface area contributed by atoms with Gasteiger partial charge in [0.05, 0.1) is 45.3 Å². The molecule has 6 heteroatoms. The molecule has 9 rings (SSSR count). The molecule has 6 nitrogen and oxygen atoms in total. The van der Waals surface area contributed by atoms with E-state index < -0.39 is 0 Å². The van der Waals surface area contributed by atoms with Crippen molar-refractivity contribution in [2.45, 2.75) is 76.0 Å². The Morgan fingerprint density at radius 2 is 0.760 bits per heavy atom. The number of nitrogens with zero attached hydrogens (tertiary/aromatic N) is 4. The van der Waals surface area contributed by atoms with Crippen LogP contribution >= 0.6 is 0 Å². The highest BCUT2D eigenvalue weighted by Gasteiger charge is 2.41. The van der Waals surface area contributed by atoms with E-state index >= 15 is 0 Å². The van der Waals surface area contributed by atoms with Crippen LogP contribution in [-0.4, -0.2) is 0 Å². The highest BCUT2D eigenvalue weighted by atomic mass is 16.5. The second-order valence-corrected chi connectivity index (χ2v) is 13.9. The van der Waals surface area contributed by atoms with E-state index in [1.165, 1.54) is 12.8 Å². The van der Waals surface area contributed by atoms with E-state index in [-0.39, 0.29) is 11.8 Å². The maximum Gasteiger partial charge on any atom is 0.151 e. The minimum atomic E-state index is 0.101. The van der Waals surface area contributed by atoms with Crippen LogP contribution in [0, 0.1) is 22.7 Å². The summed E-state index contributed by atoms with van der Waals surface area (Å²) >= 11 is 0. The zero-order valence-corrected chi connectivity index (χ0v) is 28.1. The average Bonchev–Trinajstić information content (AvgIpc) is 3.18. The summed E-state index contributed by atoms with van der Waals surface area (Å²) < 4.78 is 13.0. The fraction of sp³-hybridized carbons (Fsp3) is 0.273. The lowest BCUT2D eigenvalue weighted by Crippen LogP contribution is -2.26. The molecule has 246 valence electrons. The molecule has 4 aliphatic rings. The number of para-hydroxylation sites is 8. The van der Waals surface area contributed by atoms with Gasteiger partial charge in [-0.05, 0) is 91.6 Å². The lowest BCUT2D eigenvalue weighted by molar-refractivity contribution is 0.438. The van der Waals surface area contributed by atoms with E-state index in [1.54, 1.807) is 0 Å². The summed E-state index contributed by atoms with van der Waals surface area (Å²) in [5, 5.41) is 22.9. The van der Waals surface area contributed by atoms with Crippen molar-refractivity contribution in [3.05, 3.63) is 119 Å². The third-order valence-electron chi connectivity index (χ3n) is 11.1. The number of benzene rings is 5. The fourth-order valence-electron chi connectivity index (χ4n) is 8.92. The number of anilines is 6. The number of hydrogen-bond acceptors (Lipinski definition) is 6. The highest BCUT2D eigenvalue weighted by molar-refractivity contribution is 5.98. The van der Waals surface area contributed by atoms with E-state index in [2.05, 4.69) is 46.2 Å². The van der Waals surface area contributed by atoms with Crippen LogP contribution in [0.5, 0.6) is 23.0 Å². The Morgan fingerprint density at radius 3 is 1.10 bits per heavy atom. The molecule has 0 N–H and O–H groups in total. The first kappa shape index (κ1) is 30.3. The van der Waals surface area contributed by atoms with Crippen molar-refractivity contribution in [3.8, 4) is 35.1 Å². The quantitative estimate of drug-likeness (QED) is 0.188. The molecule has 2 saturated carbocycles. The van der Waals surface area contributed by atoms with Crippen LogP contribution in [0.2, 0.25) is 0 Å². The Kier molecular flexibility index (Phi) is 7.66. The van der Waals surface area contributed by atoms with Crippen molar-refractivity contribution in [1.82, 2.24) is 0 Å². The number of nitriles is 2. The SMILES string of the molecule is N#Cc1c(C2CCCCC2)c(C#N)c(N2c3ccccc3Oc3ccccc32)c(C2CCCCC2)c1N1c2ccccc2Oc2ccccc21. The van der Waals surface area contributed by atoms with Gasteiger partial charge in [-0.25, -0.2) is 0 Å². The molecule has 2 fully saturated rings. The fourth-order valence-corrected chi connectivity index (χ4v) is 8.92. The van der Waals surface area contributed by atoms with Gasteiger partial charge in [-0.1, -0.05) is 87.1 Å². The first-order valence-corrected chi connectivity index (χ1v) is 18.1. The lowest BCUT2D eigenvalue weighted by Gasteiger charge is -2.42. The Bertz CT molecular complexity index is 1970. The monoisotopic (exact) mass is 654 g/mol. The predicted molar refractivity (Wildman–Crippen MR) is 197 cm³/mol. The topological polar surface area (TPSA) is 72.5 Å². The third kappa shape index (κ3) is 4.82. The molecule has 0 saturated heterocycles. The number of hydrogen-bond donors (Lipinski definition) is 0. The van der Waals surface area contributed by atoms with E-state index in [0.717, 1.165) is 120 Å². The Balaban J connectivity index is 1.47. The van der Waals surface area contributed by atoms with Crippen molar-refractivity contribution in [1.29, 1.82) is 10.5 Å². The van der Waals surface area contributed by atoms with Crippen LogP contribution in [0.15, 0.2) is 97.1 Å². The standard InChI is InChI=1S/C44H38N4O2/c45-27-31-41(29-15-3-1-4-16-29)32(28-46)44(48-35-21-9-13-25-39(35)50-40-26-14-10-22-36(40)48)42(30-17-5-2-6-18-30)43(31)47-33-19-7-11-23-37(33)49-38-24-12-8-20-34(38)47/h7-14,19-26,29-30H,1-6,15-18H2. The molecule has 0 spiro atoms. The molecule has 0 unspecified atom stereocenters. The normalized spacial score (nSPS) is 16.8. The van der Waals surface area contributed by atoms with Gasteiger partial charge in [-0.3, -0.25) is 0 Å². The number of rotatable bonds is 4. The van der Waals surface area contributed by atoms with Gasteiger partial charge in [0.25, 0.3) is 0 Å². The molecule has 5 aromatic rings. The van der Waals surface area contributed by atoms with Crippen molar-refractivity contribution >= 4 is 34.1 Å². The molecule has 2 aliphatic heterocycles. The summed E-state index contributed by atoms with van der Waals surface area (Å²) in [5.74, 6) is 3.23. The van der Waals surface area contributed by atoms with Crippen LogP contribution in [0.4, 0.5) is 34.1 Å². The second-order valence-electron chi connectivity index (χ2n) is 13.9. The Hall–Kier alpha value is -5.72. The molecule has 0 amide bonds. The maximum atomic E-state index is 11.5. The predicted octanol–water partition coefficient (Wildman–Crippen LogP) is 12.7. The summed E-state index contributed by atoms with van der Waals surface area (Å²) in [4.78, 5) is 4.57. The smallest absolute Gasteiger partial charge is 0.151 e. The van der Waals surface area contributed by atoms with E-state index in [4.69, 9.17) is 9.47 Å². The summed E-state index contributed by atoms with van der Waals surface area (Å²) in [7, 11) is 0. The van der Waals surface area contributed by atoms with Gasteiger partial charge in [0.1, 0.15) is 12.1 Å². The largest absolute Gasteiger partial charge is 0.453 e. The molecule has 0 bridgehead atoms. The van der Waals surface area contributed by atoms with Gasteiger partial charge in [-0.15, -0.1) is 0 Å². The molecule has 2 heterocycles. The van der Waals surface area contributed by atoms with Gasteiger partial charge in [0.2, 0.25) is 0 Å². The highest BCUT2D eigenvalue weighted by Crippen LogP contribution is 2.61. The third-order valence-corrected chi connectivity index (χ3v) is 11.1. The van der Waals surface area contributed by atoms with Crippen LogP contribution in [0.1, 0.15) is 98.3 Å². The van der Waals surface area contributed by atoms with Gasteiger partial charge in [0.15, 0.2) is 23.0 Å². The Morgan fingerprint density at radius 1 is 0.440 bits per heavy atom. The summed E-state index contributed by atoms with van der Waals surface area (Å²) in [6, 6.07) is 38.1. The molecule has 0 atom stereocenters. The van der Waals surface area contributed by atoms with Gasteiger partial charge in [0, 0.05) is 5.56 Å². The first-order chi connectivity index (χ1) is 24.8. The minimum absolute atomic E-state index is 0.101. The summed E-state index contributed by atoms with van der Waals surface area (Å²) in [6.07, 6.45) is 10.6. The molecular weight excluding hydrogens is 617 g/mol. The van der Waals surface area contributed by atoms with Crippen molar-refractivity contribution in [3.63, 3.8) is 0 Å². The molecule has 5 aromatic carbocycles. The van der Waals surface area contributed by atoms with Crippen LogP contribution in [0.3, 0.4) is 0 Å². The van der Waals surface area contributed by atoms with E-state index in [0.29, 0.717) is 11.1 Å². The van der Waals surface area contributed by atoms with E-state index in [9.17, 15) is 10.5 Å². The van der Waals surface area contributed by atoms with Crippen molar-refractivity contribution < 1.29 is 9.47 Å².